The second-order valence-corrected chi connectivity index (χ2v) is 7.15. The van der Waals surface area contributed by atoms with Gasteiger partial charge in [0.2, 0.25) is 6.79 Å². The first-order valence-corrected chi connectivity index (χ1v) is 9.00. The molecule has 0 aliphatic carbocycles. The van der Waals surface area contributed by atoms with Crippen LogP contribution in [0.15, 0.2) is 40.9 Å². The fraction of sp³-hybridized carbons (Fsp3) is 0.263. The van der Waals surface area contributed by atoms with Gasteiger partial charge in [0.25, 0.3) is 5.91 Å². The highest BCUT2D eigenvalue weighted by molar-refractivity contribution is 9.10. The highest BCUT2D eigenvalue weighted by atomic mass is 79.9. The van der Waals surface area contributed by atoms with E-state index in [-0.39, 0.29) is 19.0 Å². The van der Waals surface area contributed by atoms with Gasteiger partial charge in [-0.3, -0.25) is 9.59 Å². The van der Waals surface area contributed by atoms with E-state index in [4.69, 9.17) is 9.47 Å². The van der Waals surface area contributed by atoms with Crippen molar-refractivity contribution >= 4 is 33.3 Å². The molecule has 2 aromatic carbocycles. The first-order valence-electron chi connectivity index (χ1n) is 8.21. The molecule has 134 valence electrons. The molecule has 2 aliphatic heterocycles. The summed E-state index contributed by atoms with van der Waals surface area (Å²) in [6.45, 7) is 2.35. The molecule has 1 amide bonds. The summed E-state index contributed by atoms with van der Waals surface area (Å²) in [5.41, 5.74) is -0.459. The molecule has 26 heavy (non-hydrogen) atoms. The molecule has 4 rings (SSSR count). The zero-order chi connectivity index (χ0) is 18.5. The first kappa shape index (κ1) is 17.1. The van der Waals surface area contributed by atoms with E-state index in [2.05, 4.69) is 15.9 Å². The Bertz CT molecular complexity index is 928. The molecular weight excluding hydrogens is 402 g/mol. The van der Waals surface area contributed by atoms with E-state index in [0.29, 0.717) is 34.9 Å². The monoisotopic (exact) mass is 417 g/mol. The van der Waals surface area contributed by atoms with Gasteiger partial charge >= 0.3 is 0 Å². The van der Waals surface area contributed by atoms with Gasteiger partial charge in [-0.05, 0) is 43.3 Å². The first-order chi connectivity index (χ1) is 12.4. The van der Waals surface area contributed by atoms with Crippen LogP contribution in [0.3, 0.4) is 0 Å². The molecule has 1 atom stereocenters. The molecule has 0 aromatic heterocycles. The van der Waals surface area contributed by atoms with E-state index < -0.39 is 11.5 Å². The molecule has 2 aromatic rings. The lowest BCUT2D eigenvalue weighted by Crippen LogP contribution is -2.41. The van der Waals surface area contributed by atoms with Crippen LogP contribution in [0.25, 0.3) is 0 Å². The lowest BCUT2D eigenvalue weighted by molar-refractivity contribution is -0.135. The Balaban J connectivity index is 1.70. The summed E-state index contributed by atoms with van der Waals surface area (Å²) in [5, 5.41) is 11.2. The molecule has 0 bridgehead atoms. The number of anilines is 1. The number of nitrogens with zero attached hydrogens (tertiary/aromatic N) is 1. The summed E-state index contributed by atoms with van der Waals surface area (Å²) in [5.74, 6) is 0.229. The number of ketones is 1. The number of Topliss-reactive ketones (excluding diaryl/α,β-unsaturated/α-hetero) is 1. The third-order valence-electron chi connectivity index (χ3n) is 4.72. The Hall–Kier alpha value is -2.38. The van der Waals surface area contributed by atoms with E-state index >= 15 is 0 Å². The number of rotatable bonds is 4. The molecule has 0 spiro atoms. The summed E-state index contributed by atoms with van der Waals surface area (Å²) in [7, 11) is 0. The molecule has 1 N–H and O–H groups in total. The minimum absolute atomic E-state index is 0.113. The zero-order valence-corrected chi connectivity index (χ0v) is 15.6. The third kappa shape index (κ3) is 2.50. The normalized spacial score (nSPS) is 20.4. The number of fused-ring (bicyclic) bond motifs is 2. The SMILES string of the molecule is CCN1C(=O)C(O)(CC(=O)c2ccc3c(c2)OCO3)c2cc(Br)ccc21. The number of hydrogen-bond donors (Lipinski definition) is 1. The highest BCUT2D eigenvalue weighted by Gasteiger charge is 2.50. The fourth-order valence-electron chi connectivity index (χ4n) is 3.41. The van der Waals surface area contributed by atoms with Crippen LogP contribution in [0.1, 0.15) is 29.3 Å². The van der Waals surface area contributed by atoms with Crippen molar-refractivity contribution in [1.29, 1.82) is 0 Å². The van der Waals surface area contributed by atoms with Gasteiger partial charge in [-0.15, -0.1) is 0 Å². The van der Waals surface area contributed by atoms with Gasteiger partial charge in [0.05, 0.1) is 12.1 Å². The molecule has 0 saturated carbocycles. The lowest BCUT2D eigenvalue weighted by Gasteiger charge is -2.22. The maximum Gasteiger partial charge on any atom is 0.264 e. The van der Waals surface area contributed by atoms with Crippen molar-refractivity contribution in [2.24, 2.45) is 0 Å². The summed E-state index contributed by atoms with van der Waals surface area (Å²) in [4.78, 5) is 27.1. The van der Waals surface area contributed by atoms with Gasteiger partial charge in [-0.1, -0.05) is 15.9 Å². The van der Waals surface area contributed by atoms with Crippen molar-refractivity contribution in [3.63, 3.8) is 0 Å². The van der Waals surface area contributed by atoms with Gasteiger partial charge in [0.15, 0.2) is 22.9 Å². The number of carbonyl (C=O) groups excluding carboxylic acids is 2. The molecule has 1 unspecified atom stereocenters. The predicted molar refractivity (Wildman–Crippen MR) is 97.6 cm³/mol. The van der Waals surface area contributed by atoms with Crippen molar-refractivity contribution < 1.29 is 24.2 Å². The van der Waals surface area contributed by atoms with Crippen LogP contribution in [0.5, 0.6) is 11.5 Å². The number of carbonyl (C=O) groups is 2. The summed E-state index contributed by atoms with van der Waals surface area (Å²) in [6, 6.07) is 10.1. The number of benzene rings is 2. The molecule has 7 heteroatoms. The number of amides is 1. The Morgan fingerprint density at radius 1 is 1.23 bits per heavy atom. The standard InChI is InChI=1S/C19H16BrNO5/c1-2-21-14-5-4-12(20)8-13(14)19(24,18(21)23)9-15(22)11-3-6-16-17(7-11)26-10-25-16/h3-8,24H,2,9-10H2,1H3. The van der Waals surface area contributed by atoms with Crippen molar-refractivity contribution in [1.82, 2.24) is 0 Å². The summed E-state index contributed by atoms with van der Waals surface area (Å²) >= 11 is 3.37. The number of ether oxygens (including phenoxy) is 2. The van der Waals surface area contributed by atoms with Crippen molar-refractivity contribution in [2.75, 3.05) is 18.2 Å². The quantitative estimate of drug-likeness (QED) is 0.773. The predicted octanol–water partition coefficient (Wildman–Crippen LogP) is 3.00. The van der Waals surface area contributed by atoms with Gasteiger partial charge in [0, 0.05) is 22.1 Å². The number of hydrogen-bond acceptors (Lipinski definition) is 5. The number of likely N-dealkylation sites (N-methyl/N-ethyl adjacent to an activating group) is 1. The summed E-state index contributed by atoms with van der Waals surface area (Å²) in [6.07, 6.45) is -0.342. The van der Waals surface area contributed by atoms with Crippen LogP contribution in [0.2, 0.25) is 0 Å². The van der Waals surface area contributed by atoms with Gasteiger partial charge < -0.3 is 19.5 Å². The molecule has 0 radical (unpaired) electrons. The second-order valence-electron chi connectivity index (χ2n) is 6.24. The third-order valence-corrected chi connectivity index (χ3v) is 5.21. The van der Waals surface area contributed by atoms with Crippen LogP contribution >= 0.6 is 15.9 Å². The lowest BCUT2D eigenvalue weighted by atomic mass is 9.88. The van der Waals surface area contributed by atoms with Crippen LogP contribution < -0.4 is 14.4 Å². The van der Waals surface area contributed by atoms with Gasteiger partial charge in [-0.25, -0.2) is 0 Å². The Labute approximate surface area is 158 Å². The molecule has 0 saturated heterocycles. The Morgan fingerprint density at radius 3 is 2.77 bits per heavy atom. The van der Waals surface area contributed by atoms with Crippen LogP contribution in [0, 0.1) is 0 Å². The van der Waals surface area contributed by atoms with E-state index in [9.17, 15) is 14.7 Å². The maximum absolute atomic E-state index is 12.8. The molecule has 6 nitrogen and oxygen atoms in total. The molecule has 0 fully saturated rings. The zero-order valence-electron chi connectivity index (χ0n) is 14.0. The minimum atomic E-state index is -1.89. The average Bonchev–Trinajstić information content (AvgIpc) is 3.17. The van der Waals surface area contributed by atoms with E-state index in [1.807, 2.05) is 6.92 Å². The second kappa shape index (κ2) is 6.10. The average molecular weight is 418 g/mol. The Morgan fingerprint density at radius 2 is 2.00 bits per heavy atom. The summed E-state index contributed by atoms with van der Waals surface area (Å²) < 4.78 is 11.3. The smallest absolute Gasteiger partial charge is 0.264 e. The molecule has 2 heterocycles. The minimum Gasteiger partial charge on any atom is -0.454 e. The van der Waals surface area contributed by atoms with Crippen molar-refractivity contribution in [3.8, 4) is 11.5 Å². The van der Waals surface area contributed by atoms with Crippen LogP contribution in [-0.4, -0.2) is 30.1 Å². The molecular formula is C19H16BrNO5. The number of aliphatic hydroxyl groups is 1. The van der Waals surface area contributed by atoms with Crippen molar-refractivity contribution in [2.45, 2.75) is 18.9 Å². The fourth-order valence-corrected chi connectivity index (χ4v) is 3.77. The van der Waals surface area contributed by atoms with Crippen LogP contribution in [-0.2, 0) is 10.4 Å². The van der Waals surface area contributed by atoms with E-state index in [1.165, 1.54) is 4.90 Å². The topological polar surface area (TPSA) is 76.1 Å². The van der Waals surface area contributed by atoms with E-state index in [1.54, 1.807) is 36.4 Å². The van der Waals surface area contributed by atoms with Gasteiger partial charge in [0.1, 0.15) is 0 Å². The van der Waals surface area contributed by atoms with Crippen molar-refractivity contribution in [3.05, 3.63) is 52.0 Å². The number of halogens is 1. The maximum atomic E-state index is 12.8. The van der Waals surface area contributed by atoms with Crippen LogP contribution in [0.4, 0.5) is 5.69 Å². The largest absolute Gasteiger partial charge is 0.454 e. The Kier molecular flexibility index (Phi) is 4.00. The van der Waals surface area contributed by atoms with E-state index in [0.717, 1.165) is 4.47 Å². The van der Waals surface area contributed by atoms with Gasteiger partial charge in [-0.2, -0.15) is 0 Å². The highest BCUT2D eigenvalue weighted by Crippen LogP contribution is 2.44. The molecule has 2 aliphatic rings.